The second kappa shape index (κ2) is 15.8. The fourth-order valence-corrected chi connectivity index (χ4v) is 7.43. The molecular formula is C38H42ClFN6O7. The molecule has 3 aliphatic rings. The molecule has 0 saturated carbocycles. The van der Waals surface area contributed by atoms with Crippen LogP contribution in [0.2, 0.25) is 5.02 Å². The van der Waals surface area contributed by atoms with Crippen LogP contribution in [-0.2, 0) is 34.0 Å². The Bertz CT molecular complexity index is 2000. The van der Waals surface area contributed by atoms with Crippen LogP contribution in [-0.4, -0.2) is 103 Å². The molecule has 2 aromatic heterocycles. The first-order chi connectivity index (χ1) is 25.5. The molecule has 53 heavy (non-hydrogen) atoms. The Morgan fingerprint density at radius 3 is 2.60 bits per heavy atom. The zero-order chi connectivity index (χ0) is 37.2. The van der Waals surface area contributed by atoms with Crippen LogP contribution in [0.3, 0.4) is 0 Å². The van der Waals surface area contributed by atoms with Crippen molar-refractivity contribution < 1.29 is 38.5 Å². The minimum atomic E-state index is -1.19. The molecular weight excluding hydrogens is 707 g/mol. The number of carboxylic acids is 1. The van der Waals surface area contributed by atoms with Gasteiger partial charge in [0.15, 0.2) is 0 Å². The number of aromatic nitrogens is 3. The van der Waals surface area contributed by atoms with E-state index in [0.29, 0.717) is 40.6 Å². The van der Waals surface area contributed by atoms with E-state index in [2.05, 4.69) is 14.8 Å². The fraction of sp³-hybridized carbons (Fsp3) is 0.447. The van der Waals surface area contributed by atoms with Crippen LogP contribution in [0.25, 0.3) is 11.0 Å². The standard InChI is InChI=1S/C38H42ClFN6O7/c1-22(37(49)46-18-27(47)17-33(46)38(50)51)41-36(48)24-6-8-32-31(15-24)42-34(45(32)19-28-11-14-52-28)20-44-12-9-23(10-13-44)30-3-2-4-35(43-30)53-21-25-5-7-26(39)16-29(25)40/h2-8,15-16,22-23,27-28,33,47H,9-14,17-21H2,1H3,(H,41,48)(H,50,51)/t22-,27+,28-,33-/m0/s1. The number of imidazole rings is 1. The van der Waals surface area contributed by atoms with Gasteiger partial charge in [-0.2, -0.15) is 0 Å². The van der Waals surface area contributed by atoms with Gasteiger partial charge in [-0.25, -0.2) is 19.2 Å². The molecule has 3 aliphatic heterocycles. The van der Waals surface area contributed by atoms with Crippen molar-refractivity contribution in [3.63, 3.8) is 0 Å². The first-order valence-electron chi connectivity index (χ1n) is 17.9. The summed E-state index contributed by atoms with van der Waals surface area (Å²) in [5.74, 6) is -1.12. The molecule has 0 aliphatic carbocycles. The maximum Gasteiger partial charge on any atom is 0.326 e. The second-order valence-electron chi connectivity index (χ2n) is 14.0. The van der Waals surface area contributed by atoms with Crippen molar-refractivity contribution in [3.8, 4) is 5.88 Å². The summed E-state index contributed by atoms with van der Waals surface area (Å²) in [7, 11) is 0. The van der Waals surface area contributed by atoms with Crippen molar-refractivity contribution in [1.29, 1.82) is 0 Å². The van der Waals surface area contributed by atoms with Crippen LogP contribution in [0.4, 0.5) is 4.39 Å². The van der Waals surface area contributed by atoms with E-state index in [1.807, 2.05) is 18.2 Å². The number of carbonyl (C=O) groups is 3. The number of rotatable bonds is 12. The van der Waals surface area contributed by atoms with Gasteiger partial charge < -0.3 is 34.5 Å². The maximum absolute atomic E-state index is 14.2. The minimum Gasteiger partial charge on any atom is -0.480 e. The number of nitrogens with zero attached hydrogens (tertiary/aromatic N) is 5. The highest BCUT2D eigenvalue weighted by molar-refractivity contribution is 6.30. The van der Waals surface area contributed by atoms with Gasteiger partial charge in [0.05, 0.1) is 36.3 Å². The number of hydrogen-bond acceptors (Lipinski definition) is 9. The van der Waals surface area contributed by atoms with Crippen molar-refractivity contribution in [1.82, 2.24) is 29.7 Å². The highest BCUT2D eigenvalue weighted by Gasteiger charge is 2.40. The SMILES string of the molecule is C[C@H](NC(=O)c1ccc2c(c1)nc(CN1CCC(c3cccc(OCc4ccc(Cl)cc4F)n3)CC1)n2C[C@@H]1CCO1)C(=O)N1C[C@H](O)C[C@H]1C(=O)O. The number of piperidine rings is 1. The number of carbonyl (C=O) groups excluding carboxylic acids is 2. The highest BCUT2D eigenvalue weighted by atomic mass is 35.5. The second-order valence-corrected chi connectivity index (χ2v) is 14.5. The lowest BCUT2D eigenvalue weighted by molar-refractivity contribution is -0.148. The third-order valence-corrected chi connectivity index (χ3v) is 10.6. The van der Waals surface area contributed by atoms with Gasteiger partial charge in [-0.15, -0.1) is 0 Å². The summed E-state index contributed by atoms with van der Waals surface area (Å²) >= 11 is 5.87. The van der Waals surface area contributed by atoms with Crippen LogP contribution in [0.5, 0.6) is 5.88 Å². The van der Waals surface area contributed by atoms with Crippen LogP contribution in [0.15, 0.2) is 54.6 Å². The highest BCUT2D eigenvalue weighted by Crippen LogP contribution is 2.30. The molecule has 0 spiro atoms. The number of amides is 2. The molecule has 7 rings (SSSR count). The third-order valence-electron chi connectivity index (χ3n) is 10.3. The number of pyridine rings is 1. The van der Waals surface area contributed by atoms with Gasteiger partial charge >= 0.3 is 5.97 Å². The molecule has 2 aromatic carbocycles. The van der Waals surface area contributed by atoms with E-state index >= 15 is 0 Å². The largest absolute Gasteiger partial charge is 0.480 e. The lowest BCUT2D eigenvalue weighted by Crippen LogP contribution is -2.50. The van der Waals surface area contributed by atoms with E-state index in [4.69, 9.17) is 31.0 Å². The lowest BCUT2D eigenvalue weighted by Gasteiger charge is -2.32. The Kier molecular flexibility index (Phi) is 10.9. The summed E-state index contributed by atoms with van der Waals surface area (Å²) in [5, 5.41) is 22.5. The predicted molar refractivity (Wildman–Crippen MR) is 192 cm³/mol. The average molecular weight is 749 g/mol. The smallest absolute Gasteiger partial charge is 0.326 e. The van der Waals surface area contributed by atoms with Gasteiger partial charge in [-0.05, 0) is 75.7 Å². The Hall–Kier alpha value is -4.63. The Balaban J connectivity index is 0.996. The van der Waals surface area contributed by atoms with Gasteiger partial charge in [0, 0.05) is 53.4 Å². The van der Waals surface area contributed by atoms with Gasteiger partial charge in [0.25, 0.3) is 5.91 Å². The maximum atomic E-state index is 14.2. The van der Waals surface area contributed by atoms with Crippen molar-refractivity contribution >= 4 is 40.4 Å². The van der Waals surface area contributed by atoms with Gasteiger partial charge in [-0.1, -0.05) is 23.7 Å². The van der Waals surface area contributed by atoms with Crippen LogP contribution in [0.1, 0.15) is 66.0 Å². The number of β-amino-alcohol motifs (C(OH)–C–C–N with tert-alkyl or cyclic N) is 1. The van der Waals surface area contributed by atoms with Crippen LogP contribution < -0.4 is 10.1 Å². The molecule has 4 aromatic rings. The molecule has 5 heterocycles. The van der Waals surface area contributed by atoms with Gasteiger partial charge in [0.2, 0.25) is 11.8 Å². The number of ether oxygens (including phenoxy) is 2. The van der Waals surface area contributed by atoms with E-state index < -0.39 is 41.8 Å². The number of carboxylic acid groups (broad SMARTS) is 1. The van der Waals surface area contributed by atoms with Crippen molar-refractivity contribution in [2.24, 2.45) is 0 Å². The predicted octanol–water partition coefficient (Wildman–Crippen LogP) is 4.14. The monoisotopic (exact) mass is 748 g/mol. The Morgan fingerprint density at radius 1 is 1.09 bits per heavy atom. The van der Waals surface area contributed by atoms with Crippen molar-refractivity contribution in [2.45, 2.75) is 82.5 Å². The number of fused-ring (bicyclic) bond motifs is 1. The summed E-state index contributed by atoms with van der Waals surface area (Å²) in [5.41, 5.74) is 3.19. The molecule has 2 amide bonds. The van der Waals surface area contributed by atoms with Gasteiger partial charge in [0.1, 0.15) is 30.3 Å². The summed E-state index contributed by atoms with van der Waals surface area (Å²) in [6.45, 7) is 5.08. The van der Waals surface area contributed by atoms with Crippen LogP contribution >= 0.6 is 11.6 Å². The van der Waals surface area contributed by atoms with E-state index in [-0.39, 0.29) is 31.6 Å². The zero-order valence-corrected chi connectivity index (χ0v) is 30.0. The van der Waals surface area contributed by atoms with E-state index in [0.717, 1.165) is 60.9 Å². The molecule has 4 atom stereocenters. The third kappa shape index (κ3) is 8.30. The number of aliphatic hydroxyl groups is 1. The molecule has 0 bridgehead atoms. The Labute approximate surface area is 310 Å². The topological polar surface area (TPSA) is 159 Å². The number of halogens is 2. The molecule has 13 nitrogen and oxygen atoms in total. The van der Waals surface area contributed by atoms with E-state index in [1.165, 1.54) is 13.0 Å². The van der Waals surface area contributed by atoms with Crippen molar-refractivity contribution in [3.05, 3.63) is 88.1 Å². The minimum absolute atomic E-state index is 0.0508. The summed E-state index contributed by atoms with van der Waals surface area (Å²) < 4.78 is 28.0. The first-order valence-corrected chi connectivity index (χ1v) is 18.3. The number of likely N-dealkylation sites (tertiary alicyclic amines) is 2. The molecule has 3 fully saturated rings. The summed E-state index contributed by atoms with van der Waals surface area (Å²) in [6.07, 6.45) is 1.84. The summed E-state index contributed by atoms with van der Waals surface area (Å²) in [6, 6.07) is 13.3. The molecule has 0 unspecified atom stereocenters. The number of nitrogens with one attached hydrogen (secondary N) is 1. The normalized spacial score (nSPS) is 21.4. The summed E-state index contributed by atoms with van der Waals surface area (Å²) in [4.78, 5) is 51.1. The molecule has 3 N–H and O–H groups in total. The van der Waals surface area contributed by atoms with E-state index in [1.54, 1.807) is 30.3 Å². The lowest BCUT2D eigenvalue weighted by atomic mass is 9.93. The number of benzene rings is 2. The zero-order valence-electron chi connectivity index (χ0n) is 29.3. The van der Waals surface area contributed by atoms with Crippen molar-refractivity contribution in [2.75, 3.05) is 26.2 Å². The molecule has 3 saturated heterocycles. The quantitative estimate of drug-likeness (QED) is 0.192. The Morgan fingerprint density at radius 2 is 1.89 bits per heavy atom. The average Bonchev–Trinajstić information content (AvgIpc) is 3.68. The first kappa shape index (κ1) is 36.7. The van der Waals surface area contributed by atoms with Crippen LogP contribution in [0, 0.1) is 5.82 Å². The number of aliphatic carboxylic acids is 1. The number of aliphatic hydroxyl groups excluding tert-OH is 1. The molecule has 0 radical (unpaired) electrons. The van der Waals surface area contributed by atoms with E-state index in [9.17, 15) is 29.0 Å². The molecule has 15 heteroatoms. The molecule has 280 valence electrons. The number of hydrogen-bond donors (Lipinski definition) is 3. The van der Waals surface area contributed by atoms with Gasteiger partial charge in [-0.3, -0.25) is 14.5 Å². The fourth-order valence-electron chi connectivity index (χ4n) is 7.28.